The van der Waals surface area contributed by atoms with E-state index in [1.54, 1.807) is 0 Å². The van der Waals surface area contributed by atoms with E-state index in [4.69, 9.17) is 0 Å². The molecule has 1 aliphatic carbocycles. The number of aromatic nitrogens is 1. The van der Waals surface area contributed by atoms with Gasteiger partial charge in [-0.15, -0.1) is 0 Å². The van der Waals surface area contributed by atoms with Crippen molar-refractivity contribution in [2.24, 2.45) is 0 Å². The van der Waals surface area contributed by atoms with E-state index in [0.717, 1.165) is 13.0 Å². The minimum atomic E-state index is 0.441. The van der Waals surface area contributed by atoms with Crippen LogP contribution in [0.25, 0.3) is 10.9 Å². The fourth-order valence-electron chi connectivity index (χ4n) is 3.77. The highest BCUT2D eigenvalue weighted by atomic mass is 14.9. The summed E-state index contributed by atoms with van der Waals surface area (Å²) in [6, 6.07) is 18.0. The molecular weight excluding hydrogens is 280 g/mol. The summed E-state index contributed by atoms with van der Waals surface area (Å²) < 4.78 is 0. The van der Waals surface area contributed by atoms with E-state index < -0.39 is 0 Å². The summed E-state index contributed by atoms with van der Waals surface area (Å²) in [5.74, 6) is 0. The smallest absolute Gasteiger partial charge is 0.0478 e. The standard InChI is InChI=1S/C21H24N2/c1-2-15-11-12-19-18(13-15)17-9-6-10-20(21(17)23-19)22-14-16-7-4-3-5-8-16/h3-5,7-8,11-13,20,22-23H,2,6,9-10,14H2,1H3/t20-/m1/s1. The number of hydrogen-bond donors (Lipinski definition) is 2. The van der Waals surface area contributed by atoms with E-state index in [1.807, 2.05) is 0 Å². The maximum Gasteiger partial charge on any atom is 0.0478 e. The topological polar surface area (TPSA) is 27.8 Å². The maximum absolute atomic E-state index is 3.75. The molecule has 1 heterocycles. The van der Waals surface area contributed by atoms with Crippen molar-refractivity contribution >= 4 is 10.9 Å². The van der Waals surface area contributed by atoms with Crippen LogP contribution in [0.15, 0.2) is 48.5 Å². The van der Waals surface area contributed by atoms with Crippen molar-refractivity contribution in [3.05, 3.63) is 70.9 Å². The van der Waals surface area contributed by atoms with Gasteiger partial charge in [0.2, 0.25) is 0 Å². The quantitative estimate of drug-likeness (QED) is 0.705. The number of nitrogens with one attached hydrogen (secondary N) is 2. The highest BCUT2D eigenvalue weighted by molar-refractivity contribution is 5.85. The summed E-state index contributed by atoms with van der Waals surface area (Å²) in [6.45, 7) is 3.16. The molecule has 118 valence electrons. The third kappa shape index (κ3) is 2.79. The van der Waals surface area contributed by atoms with E-state index in [1.165, 1.54) is 52.5 Å². The van der Waals surface area contributed by atoms with Gasteiger partial charge in [-0.3, -0.25) is 0 Å². The average Bonchev–Trinajstić information content (AvgIpc) is 2.99. The molecule has 1 atom stereocenters. The fourth-order valence-corrected chi connectivity index (χ4v) is 3.77. The van der Waals surface area contributed by atoms with Crippen molar-refractivity contribution in [3.8, 4) is 0 Å². The molecule has 2 N–H and O–H groups in total. The lowest BCUT2D eigenvalue weighted by molar-refractivity contribution is 0.452. The van der Waals surface area contributed by atoms with Crippen molar-refractivity contribution < 1.29 is 0 Å². The molecule has 0 unspecified atom stereocenters. The Balaban J connectivity index is 1.63. The zero-order chi connectivity index (χ0) is 15.6. The molecule has 2 aromatic carbocycles. The van der Waals surface area contributed by atoms with Gasteiger partial charge in [-0.2, -0.15) is 0 Å². The number of hydrogen-bond acceptors (Lipinski definition) is 1. The minimum absolute atomic E-state index is 0.441. The van der Waals surface area contributed by atoms with Crippen molar-refractivity contribution in [2.45, 2.75) is 45.2 Å². The van der Waals surface area contributed by atoms with Gasteiger partial charge in [-0.05, 0) is 54.5 Å². The summed E-state index contributed by atoms with van der Waals surface area (Å²) in [7, 11) is 0. The molecule has 0 saturated carbocycles. The van der Waals surface area contributed by atoms with E-state index in [2.05, 4.69) is 65.8 Å². The minimum Gasteiger partial charge on any atom is -0.357 e. The predicted octanol–water partition coefficient (Wildman–Crippen LogP) is 4.90. The first kappa shape index (κ1) is 14.5. The molecule has 0 spiro atoms. The summed E-state index contributed by atoms with van der Waals surface area (Å²) in [4.78, 5) is 3.69. The Morgan fingerprint density at radius 1 is 1.09 bits per heavy atom. The first-order valence-corrected chi connectivity index (χ1v) is 8.76. The van der Waals surface area contributed by atoms with Crippen LogP contribution < -0.4 is 5.32 Å². The fraction of sp³-hybridized carbons (Fsp3) is 0.333. The Morgan fingerprint density at radius 2 is 1.96 bits per heavy atom. The number of rotatable bonds is 4. The third-order valence-corrected chi connectivity index (χ3v) is 5.08. The molecule has 0 saturated heterocycles. The number of aromatic amines is 1. The molecule has 23 heavy (non-hydrogen) atoms. The van der Waals surface area contributed by atoms with Crippen LogP contribution in [-0.4, -0.2) is 4.98 Å². The van der Waals surface area contributed by atoms with E-state index in [0.29, 0.717) is 6.04 Å². The lowest BCUT2D eigenvalue weighted by Gasteiger charge is -2.24. The average molecular weight is 304 g/mol. The first-order valence-electron chi connectivity index (χ1n) is 8.76. The van der Waals surface area contributed by atoms with Crippen LogP contribution in [0.5, 0.6) is 0 Å². The number of benzene rings is 2. The first-order chi connectivity index (χ1) is 11.3. The van der Waals surface area contributed by atoms with Crippen molar-refractivity contribution in [2.75, 3.05) is 0 Å². The number of aryl methyl sites for hydroxylation is 2. The zero-order valence-electron chi connectivity index (χ0n) is 13.7. The van der Waals surface area contributed by atoms with Gasteiger partial charge in [0.1, 0.15) is 0 Å². The molecule has 2 nitrogen and oxygen atoms in total. The van der Waals surface area contributed by atoms with Crippen LogP contribution >= 0.6 is 0 Å². The highest BCUT2D eigenvalue weighted by Crippen LogP contribution is 2.35. The summed E-state index contributed by atoms with van der Waals surface area (Å²) in [5.41, 5.74) is 7.02. The van der Waals surface area contributed by atoms with Gasteiger partial charge in [-0.1, -0.05) is 43.3 Å². The Hall–Kier alpha value is -2.06. The van der Waals surface area contributed by atoms with Gasteiger partial charge in [-0.25, -0.2) is 0 Å². The Kier molecular flexibility index (Phi) is 3.92. The van der Waals surface area contributed by atoms with Gasteiger partial charge >= 0.3 is 0 Å². The lowest BCUT2D eigenvalue weighted by Crippen LogP contribution is -2.24. The largest absolute Gasteiger partial charge is 0.357 e. The van der Waals surface area contributed by atoms with Crippen LogP contribution in [0.3, 0.4) is 0 Å². The van der Waals surface area contributed by atoms with Crippen LogP contribution in [-0.2, 0) is 19.4 Å². The Labute approximate surface area is 137 Å². The van der Waals surface area contributed by atoms with E-state index in [-0.39, 0.29) is 0 Å². The molecule has 1 aromatic heterocycles. The van der Waals surface area contributed by atoms with Gasteiger partial charge in [0.05, 0.1) is 0 Å². The number of H-pyrrole nitrogens is 1. The molecule has 0 aliphatic heterocycles. The Bertz CT molecular complexity index is 801. The molecule has 0 amide bonds. The zero-order valence-corrected chi connectivity index (χ0v) is 13.7. The second-order valence-electron chi connectivity index (χ2n) is 6.56. The van der Waals surface area contributed by atoms with E-state index >= 15 is 0 Å². The summed E-state index contributed by atoms with van der Waals surface area (Å²) in [6.07, 6.45) is 4.79. The normalized spacial score (nSPS) is 17.3. The third-order valence-electron chi connectivity index (χ3n) is 5.08. The lowest BCUT2D eigenvalue weighted by atomic mass is 9.91. The maximum atomic E-state index is 3.75. The van der Waals surface area contributed by atoms with Crippen molar-refractivity contribution in [3.63, 3.8) is 0 Å². The molecule has 0 bridgehead atoms. The van der Waals surface area contributed by atoms with Gasteiger partial charge < -0.3 is 10.3 Å². The van der Waals surface area contributed by atoms with Crippen molar-refractivity contribution in [1.82, 2.24) is 10.3 Å². The monoisotopic (exact) mass is 304 g/mol. The van der Waals surface area contributed by atoms with Crippen molar-refractivity contribution in [1.29, 1.82) is 0 Å². The number of fused-ring (bicyclic) bond motifs is 3. The molecule has 2 heteroatoms. The van der Waals surface area contributed by atoms with Gasteiger partial charge in [0.25, 0.3) is 0 Å². The van der Waals surface area contributed by atoms with Gasteiger partial charge in [0.15, 0.2) is 0 Å². The molecule has 3 aromatic rings. The summed E-state index contributed by atoms with van der Waals surface area (Å²) in [5, 5.41) is 5.19. The van der Waals surface area contributed by atoms with E-state index in [9.17, 15) is 0 Å². The summed E-state index contributed by atoms with van der Waals surface area (Å²) >= 11 is 0. The van der Waals surface area contributed by atoms with Crippen LogP contribution in [0.1, 0.15) is 48.2 Å². The second kappa shape index (κ2) is 6.21. The molecular formula is C21H24N2. The molecule has 0 radical (unpaired) electrons. The molecule has 4 rings (SSSR count). The van der Waals surface area contributed by atoms with Crippen LogP contribution in [0, 0.1) is 0 Å². The van der Waals surface area contributed by atoms with Gasteiger partial charge in [0, 0.05) is 29.2 Å². The molecule has 0 fully saturated rings. The van der Waals surface area contributed by atoms with Crippen LogP contribution in [0.2, 0.25) is 0 Å². The Morgan fingerprint density at radius 3 is 2.78 bits per heavy atom. The van der Waals surface area contributed by atoms with Crippen LogP contribution in [0.4, 0.5) is 0 Å². The molecule has 1 aliphatic rings. The second-order valence-corrected chi connectivity index (χ2v) is 6.56. The highest BCUT2D eigenvalue weighted by Gasteiger charge is 2.23. The SMILES string of the molecule is CCc1ccc2[nH]c3c(c2c1)CCC[C@H]3NCc1ccccc1. The predicted molar refractivity (Wildman–Crippen MR) is 96.6 cm³/mol.